The molecule has 134 valence electrons. The maximum atomic E-state index is 12.3. The molecule has 1 aromatic carbocycles. The molecule has 2 N–H and O–H groups in total. The number of carbonyl (C=O) groups is 1. The maximum Gasteiger partial charge on any atom is 0.315 e. The molecule has 1 aromatic heterocycles. The molecule has 25 heavy (non-hydrogen) atoms. The smallest absolute Gasteiger partial charge is 0.315 e. The highest BCUT2D eigenvalue weighted by Crippen LogP contribution is 2.22. The van der Waals surface area contributed by atoms with Gasteiger partial charge in [0.15, 0.2) is 0 Å². The van der Waals surface area contributed by atoms with E-state index < -0.39 is 0 Å². The van der Waals surface area contributed by atoms with Gasteiger partial charge in [0.25, 0.3) is 0 Å². The summed E-state index contributed by atoms with van der Waals surface area (Å²) in [7, 11) is 0. The predicted molar refractivity (Wildman–Crippen MR) is 95.4 cm³/mol. The summed E-state index contributed by atoms with van der Waals surface area (Å²) in [6.45, 7) is 5.17. The number of ether oxygens (including phenoxy) is 1. The highest BCUT2D eigenvalue weighted by molar-refractivity contribution is 5.74. The Balaban J connectivity index is 1.47. The molecule has 2 heterocycles. The average Bonchev–Trinajstić information content (AvgIpc) is 3.19. The molecule has 0 saturated carbocycles. The summed E-state index contributed by atoms with van der Waals surface area (Å²) in [5.41, 5.74) is 0.987. The summed E-state index contributed by atoms with van der Waals surface area (Å²) in [5, 5.41) is 5.93. The van der Waals surface area contributed by atoms with Crippen LogP contribution < -0.4 is 10.6 Å². The second-order valence-electron chi connectivity index (χ2n) is 6.07. The van der Waals surface area contributed by atoms with Gasteiger partial charge < -0.3 is 19.8 Å². The van der Waals surface area contributed by atoms with Gasteiger partial charge >= 0.3 is 6.03 Å². The third-order valence-corrected chi connectivity index (χ3v) is 4.28. The van der Waals surface area contributed by atoms with Gasteiger partial charge in [-0.05, 0) is 30.7 Å². The molecular formula is C19H25N3O3. The molecule has 6 heteroatoms. The van der Waals surface area contributed by atoms with Crippen LogP contribution in [-0.4, -0.2) is 50.3 Å². The lowest BCUT2D eigenvalue weighted by atomic mass is 10.1. The number of nitrogens with one attached hydrogen (secondary N) is 2. The van der Waals surface area contributed by atoms with Gasteiger partial charge in [-0.15, -0.1) is 0 Å². The number of nitrogens with zero attached hydrogens (tertiary/aromatic N) is 1. The first-order valence-corrected chi connectivity index (χ1v) is 8.76. The first kappa shape index (κ1) is 17.5. The monoisotopic (exact) mass is 343 g/mol. The fraction of sp³-hybridized carbons (Fsp3) is 0.421. The standard InChI is InChI=1S/C19H25N3O3/c23-19(20-9-5-10-22-11-14-24-15-12-22)21-18(17-8-4-13-25-17)16-6-2-1-3-7-16/h1-4,6-8,13,18H,5,9-12,14-15H2,(H2,20,21,23). The van der Waals surface area contributed by atoms with E-state index >= 15 is 0 Å². The quantitative estimate of drug-likeness (QED) is 0.758. The summed E-state index contributed by atoms with van der Waals surface area (Å²) >= 11 is 0. The van der Waals surface area contributed by atoms with Crippen LogP contribution in [0.3, 0.4) is 0 Å². The molecule has 1 unspecified atom stereocenters. The molecule has 1 atom stereocenters. The van der Waals surface area contributed by atoms with Crippen molar-refractivity contribution in [1.82, 2.24) is 15.5 Å². The summed E-state index contributed by atoms with van der Waals surface area (Å²) in [4.78, 5) is 14.6. The van der Waals surface area contributed by atoms with Crippen molar-refractivity contribution in [3.05, 3.63) is 60.1 Å². The predicted octanol–water partition coefficient (Wildman–Crippen LogP) is 2.39. The van der Waals surface area contributed by atoms with E-state index in [4.69, 9.17) is 9.15 Å². The van der Waals surface area contributed by atoms with Gasteiger partial charge in [-0.25, -0.2) is 4.79 Å². The van der Waals surface area contributed by atoms with Crippen LogP contribution in [0.1, 0.15) is 23.8 Å². The zero-order valence-electron chi connectivity index (χ0n) is 14.3. The van der Waals surface area contributed by atoms with E-state index in [1.165, 1.54) is 0 Å². The normalized spacial score (nSPS) is 16.3. The number of benzene rings is 1. The Hall–Kier alpha value is -2.31. The van der Waals surface area contributed by atoms with Crippen molar-refractivity contribution >= 4 is 6.03 Å². The number of hydrogen-bond acceptors (Lipinski definition) is 4. The highest BCUT2D eigenvalue weighted by Gasteiger charge is 2.19. The lowest BCUT2D eigenvalue weighted by molar-refractivity contribution is 0.0375. The molecule has 1 aliphatic rings. The van der Waals surface area contributed by atoms with Crippen molar-refractivity contribution in [3.63, 3.8) is 0 Å². The Morgan fingerprint density at radius 3 is 2.64 bits per heavy atom. The number of hydrogen-bond donors (Lipinski definition) is 2. The van der Waals surface area contributed by atoms with E-state index in [2.05, 4.69) is 15.5 Å². The zero-order valence-corrected chi connectivity index (χ0v) is 14.3. The minimum absolute atomic E-state index is 0.188. The van der Waals surface area contributed by atoms with Gasteiger partial charge in [0.05, 0.1) is 19.5 Å². The number of carbonyl (C=O) groups excluding carboxylic acids is 1. The van der Waals surface area contributed by atoms with Crippen LogP contribution in [-0.2, 0) is 4.74 Å². The first-order valence-electron chi connectivity index (χ1n) is 8.76. The Morgan fingerprint density at radius 2 is 1.92 bits per heavy atom. The summed E-state index contributed by atoms with van der Waals surface area (Å²) in [6.07, 6.45) is 2.54. The molecule has 0 aliphatic carbocycles. The van der Waals surface area contributed by atoms with Gasteiger partial charge in [0.2, 0.25) is 0 Å². The SMILES string of the molecule is O=C(NCCCN1CCOCC1)NC(c1ccccc1)c1ccco1. The van der Waals surface area contributed by atoms with Crippen LogP contribution in [0.4, 0.5) is 4.79 Å². The fourth-order valence-corrected chi connectivity index (χ4v) is 2.93. The Kier molecular flexibility index (Phi) is 6.48. The Morgan fingerprint density at radius 1 is 1.12 bits per heavy atom. The minimum Gasteiger partial charge on any atom is -0.467 e. The fourth-order valence-electron chi connectivity index (χ4n) is 2.93. The van der Waals surface area contributed by atoms with E-state index in [1.54, 1.807) is 6.26 Å². The molecule has 2 amide bonds. The van der Waals surface area contributed by atoms with E-state index in [1.807, 2.05) is 42.5 Å². The van der Waals surface area contributed by atoms with E-state index in [9.17, 15) is 4.79 Å². The minimum atomic E-state index is -0.296. The molecule has 6 nitrogen and oxygen atoms in total. The summed E-state index contributed by atoms with van der Waals surface area (Å²) in [6, 6.07) is 13.0. The Bertz CT molecular complexity index is 625. The molecule has 2 aromatic rings. The van der Waals surface area contributed by atoms with Crippen LogP contribution in [0.15, 0.2) is 53.1 Å². The molecule has 0 spiro atoms. The zero-order chi connectivity index (χ0) is 17.3. The van der Waals surface area contributed by atoms with E-state index in [0.29, 0.717) is 6.54 Å². The number of amides is 2. The van der Waals surface area contributed by atoms with Crippen molar-refractivity contribution in [1.29, 1.82) is 0 Å². The van der Waals surface area contributed by atoms with Crippen LogP contribution in [0.5, 0.6) is 0 Å². The summed E-state index contributed by atoms with van der Waals surface area (Å²) < 4.78 is 10.8. The first-order chi connectivity index (χ1) is 12.3. The van der Waals surface area contributed by atoms with Crippen LogP contribution in [0.25, 0.3) is 0 Å². The topological polar surface area (TPSA) is 66.7 Å². The molecular weight excluding hydrogens is 318 g/mol. The lowest BCUT2D eigenvalue weighted by Gasteiger charge is -2.26. The van der Waals surface area contributed by atoms with Crippen molar-refractivity contribution in [2.75, 3.05) is 39.4 Å². The average molecular weight is 343 g/mol. The Labute approximate surface area is 148 Å². The number of furan rings is 1. The third-order valence-electron chi connectivity index (χ3n) is 4.28. The maximum absolute atomic E-state index is 12.3. The van der Waals surface area contributed by atoms with Crippen LogP contribution in [0, 0.1) is 0 Å². The van der Waals surface area contributed by atoms with Crippen molar-refractivity contribution in [2.45, 2.75) is 12.5 Å². The molecule has 1 fully saturated rings. The second kappa shape index (κ2) is 9.25. The second-order valence-corrected chi connectivity index (χ2v) is 6.07. The largest absolute Gasteiger partial charge is 0.467 e. The third kappa shape index (κ3) is 5.34. The highest BCUT2D eigenvalue weighted by atomic mass is 16.5. The molecule has 1 aliphatic heterocycles. The number of urea groups is 1. The van der Waals surface area contributed by atoms with Crippen molar-refractivity contribution in [2.24, 2.45) is 0 Å². The lowest BCUT2D eigenvalue weighted by Crippen LogP contribution is -2.41. The number of rotatable bonds is 7. The van der Waals surface area contributed by atoms with Gasteiger partial charge in [0, 0.05) is 19.6 Å². The van der Waals surface area contributed by atoms with Crippen molar-refractivity contribution < 1.29 is 13.9 Å². The number of morpholine rings is 1. The van der Waals surface area contributed by atoms with Gasteiger partial charge in [-0.1, -0.05) is 30.3 Å². The molecule has 0 bridgehead atoms. The molecule has 0 radical (unpaired) electrons. The van der Waals surface area contributed by atoms with Gasteiger partial charge in [-0.3, -0.25) is 4.90 Å². The van der Waals surface area contributed by atoms with E-state index in [0.717, 1.165) is 50.6 Å². The van der Waals surface area contributed by atoms with Gasteiger partial charge in [-0.2, -0.15) is 0 Å². The van der Waals surface area contributed by atoms with Crippen molar-refractivity contribution in [3.8, 4) is 0 Å². The van der Waals surface area contributed by atoms with E-state index in [-0.39, 0.29) is 12.1 Å². The van der Waals surface area contributed by atoms with Gasteiger partial charge in [0.1, 0.15) is 11.8 Å². The summed E-state index contributed by atoms with van der Waals surface area (Å²) in [5.74, 6) is 0.717. The van der Waals surface area contributed by atoms with Crippen LogP contribution in [0.2, 0.25) is 0 Å². The molecule has 3 rings (SSSR count). The van der Waals surface area contributed by atoms with Crippen LogP contribution >= 0.6 is 0 Å². The molecule has 1 saturated heterocycles.